The quantitative estimate of drug-likeness (QED) is 0.667. The van der Waals surface area contributed by atoms with Crippen LogP contribution in [0.4, 0.5) is 0 Å². The molecule has 0 atom stereocenters. The number of nitrogens with one attached hydrogen (secondary N) is 1. The summed E-state index contributed by atoms with van der Waals surface area (Å²) in [6, 6.07) is 0. The van der Waals surface area contributed by atoms with Gasteiger partial charge in [-0.05, 0) is 31.2 Å². The molecule has 1 heterocycles. The maximum atomic E-state index is 9.04. The van der Waals surface area contributed by atoms with Crippen molar-refractivity contribution in [1.29, 1.82) is 0 Å². The second-order valence-electron chi connectivity index (χ2n) is 7.08. The number of rotatable bonds is 8. The molecule has 0 aromatic heterocycles. The van der Waals surface area contributed by atoms with Crippen LogP contribution in [0, 0.1) is 5.41 Å². The molecule has 0 aromatic carbocycles. The van der Waals surface area contributed by atoms with Crippen LogP contribution < -0.4 is 5.32 Å². The standard InChI is InChI=1S/C17H35N3O/c1-2-8-18-15-17(6-4-3-5-7-17)16-20-11-9-19(10-12-20)13-14-21/h18,21H,2-16H2,1H3. The number of aliphatic hydroxyl groups is 1. The molecule has 0 radical (unpaired) electrons. The van der Waals surface area contributed by atoms with Crippen LogP contribution in [-0.2, 0) is 0 Å². The van der Waals surface area contributed by atoms with E-state index >= 15 is 0 Å². The lowest BCUT2D eigenvalue weighted by atomic mass is 9.73. The van der Waals surface area contributed by atoms with Crippen molar-refractivity contribution in [3.05, 3.63) is 0 Å². The van der Waals surface area contributed by atoms with Crippen LogP contribution >= 0.6 is 0 Å². The Bertz CT molecular complexity index is 271. The van der Waals surface area contributed by atoms with Crippen LogP contribution in [0.5, 0.6) is 0 Å². The van der Waals surface area contributed by atoms with E-state index in [-0.39, 0.29) is 0 Å². The third-order valence-corrected chi connectivity index (χ3v) is 5.28. The van der Waals surface area contributed by atoms with Gasteiger partial charge in [0.1, 0.15) is 0 Å². The van der Waals surface area contributed by atoms with Crippen molar-refractivity contribution in [2.45, 2.75) is 45.4 Å². The largest absolute Gasteiger partial charge is 0.395 e. The highest BCUT2D eigenvalue weighted by Gasteiger charge is 2.34. The topological polar surface area (TPSA) is 38.7 Å². The van der Waals surface area contributed by atoms with Crippen molar-refractivity contribution in [3.8, 4) is 0 Å². The first-order valence-corrected chi connectivity index (χ1v) is 9.04. The van der Waals surface area contributed by atoms with Gasteiger partial charge in [0.05, 0.1) is 6.61 Å². The highest BCUT2D eigenvalue weighted by Crippen LogP contribution is 2.36. The molecule has 1 saturated carbocycles. The second-order valence-corrected chi connectivity index (χ2v) is 7.08. The summed E-state index contributed by atoms with van der Waals surface area (Å²) in [6.07, 6.45) is 8.30. The average molecular weight is 297 g/mol. The monoisotopic (exact) mass is 297 g/mol. The van der Waals surface area contributed by atoms with Gasteiger partial charge in [0.25, 0.3) is 0 Å². The summed E-state index contributed by atoms with van der Waals surface area (Å²) >= 11 is 0. The first kappa shape index (κ1) is 17.2. The minimum absolute atomic E-state index is 0.297. The van der Waals surface area contributed by atoms with Gasteiger partial charge < -0.3 is 15.3 Å². The molecule has 4 nitrogen and oxygen atoms in total. The Morgan fingerprint density at radius 1 is 1.00 bits per heavy atom. The van der Waals surface area contributed by atoms with Crippen LogP contribution in [-0.4, -0.2) is 73.9 Å². The van der Waals surface area contributed by atoms with Crippen LogP contribution in [0.1, 0.15) is 45.4 Å². The molecule has 2 aliphatic rings. The SMILES string of the molecule is CCCNCC1(CN2CCN(CCO)CC2)CCCCC1. The molecule has 1 saturated heterocycles. The first-order chi connectivity index (χ1) is 10.3. The van der Waals surface area contributed by atoms with E-state index in [1.54, 1.807) is 0 Å². The molecule has 0 spiro atoms. The Morgan fingerprint density at radius 3 is 2.29 bits per heavy atom. The Balaban J connectivity index is 1.81. The maximum absolute atomic E-state index is 9.04. The van der Waals surface area contributed by atoms with Gasteiger partial charge in [-0.25, -0.2) is 0 Å². The minimum Gasteiger partial charge on any atom is -0.395 e. The van der Waals surface area contributed by atoms with E-state index < -0.39 is 0 Å². The lowest BCUT2D eigenvalue weighted by Crippen LogP contribution is -2.52. The van der Waals surface area contributed by atoms with E-state index in [1.165, 1.54) is 64.7 Å². The molecule has 0 aromatic rings. The number of β-amino-alcohol motifs (C(OH)–C–C–N with tert-alkyl or cyclic N) is 1. The fraction of sp³-hybridized carbons (Fsp3) is 1.00. The van der Waals surface area contributed by atoms with E-state index in [0.717, 1.165) is 26.2 Å². The fourth-order valence-corrected chi connectivity index (χ4v) is 4.01. The van der Waals surface area contributed by atoms with E-state index in [1.807, 2.05) is 0 Å². The van der Waals surface area contributed by atoms with Crippen LogP contribution in [0.2, 0.25) is 0 Å². The molecule has 0 unspecified atom stereocenters. The van der Waals surface area contributed by atoms with Gasteiger partial charge in [-0.1, -0.05) is 26.2 Å². The molecule has 0 bridgehead atoms. The molecule has 0 amide bonds. The Hall–Kier alpha value is -0.160. The fourth-order valence-electron chi connectivity index (χ4n) is 4.01. The molecule has 2 rings (SSSR count). The summed E-state index contributed by atoms with van der Waals surface area (Å²) in [5.74, 6) is 0. The van der Waals surface area contributed by atoms with Gasteiger partial charge >= 0.3 is 0 Å². The lowest BCUT2D eigenvalue weighted by molar-refractivity contribution is 0.0564. The second kappa shape index (κ2) is 9.09. The third-order valence-electron chi connectivity index (χ3n) is 5.28. The van der Waals surface area contributed by atoms with Crippen molar-refractivity contribution in [1.82, 2.24) is 15.1 Å². The zero-order valence-corrected chi connectivity index (χ0v) is 13.9. The summed E-state index contributed by atoms with van der Waals surface area (Å²) in [7, 11) is 0. The van der Waals surface area contributed by atoms with E-state index in [0.29, 0.717) is 12.0 Å². The highest BCUT2D eigenvalue weighted by molar-refractivity contribution is 4.89. The lowest BCUT2D eigenvalue weighted by Gasteiger charge is -2.44. The molecule has 2 fully saturated rings. The van der Waals surface area contributed by atoms with Crippen LogP contribution in [0.15, 0.2) is 0 Å². The molecule has 4 heteroatoms. The van der Waals surface area contributed by atoms with E-state index in [9.17, 15) is 0 Å². The highest BCUT2D eigenvalue weighted by atomic mass is 16.3. The van der Waals surface area contributed by atoms with Gasteiger partial charge in [-0.15, -0.1) is 0 Å². The normalized spacial score (nSPS) is 24.3. The number of nitrogens with zero attached hydrogens (tertiary/aromatic N) is 2. The van der Waals surface area contributed by atoms with Gasteiger partial charge in [0, 0.05) is 45.8 Å². The smallest absolute Gasteiger partial charge is 0.0558 e. The molecular weight excluding hydrogens is 262 g/mol. The maximum Gasteiger partial charge on any atom is 0.0558 e. The Morgan fingerprint density at radius 2 is 1.67 bits per heavy atom. The molecule has 124 valence electrons. The van der Waals surface area contributed by atoms with E-state index in [2.05, 4.69) is 22.0 Å². The zero-order valence-electron chi connectivity index (χ0n) is 13.9. The molecule has 21 heavy (non-hydrogen) atoms. The summed E-state index contributed by atoms with van der Waals surface area (Å²) in [4.78, 5) is 5.06. The Labute approximate surface area is 130 Å². The molecule has 1 aliphatic heterocycles. The van der Waals surface area contributed by atoms with Crippen LogP contribution in [0.3, 0.4) is 0 Å². The number of aliphatic hydroxyl groups excluding tert-OH is 1. The summed E-state index contributed by atoms with van der Waals surface area (Å²) in [5.41, 5.74) is 0.520. The molecular formula is C17H35N3O. The molecule has 1 aliphatic carbocycles. The third kappa shape index (κ3) is 5.51. The van der Waals surface area contributed by atoms with Gasteiger partial charge in [-0.3, -0.25) is 4.90 Å². The van der Waals surface area contributed by atoms with E-state index in [4.69, 9.17) is 5.11 Å². The average Bonchev–Trinajstić information content (AvgIpc) is 2.51. The number of hydrogen-bond donors (Lipinski definition) is 2. The minimum atomic E-state index is 0.297. The van der Waals surface area contributed by atoms with Crippen LogP contribution in [0.25, 0.3) is 0 Å². The summed E-state index contributed by atoms with van der Waals surface area (Å²) in [5, 5.41) is 12.7. The summed E-state index contributed by atoms with van der Waals surface area (Å²) < 4.78 is 0. The first-order valence-electron chi connectivity index (χ1n) is 9.04. The summed E-state index contributed by atoms with van der Waals surface area (Å²) in [6.45, 7) is 11.6. The number of piperazine rings is 1. The van der Waals surface area contributed by atoms with Crippen molar-refractivity contribution in [2.24, 2.45) is 5.41 Å². The van der Waals surface area contributed by atoms with Gasteiger partial charge in [-0.2, -0.15) is 0 Å². The zero-order chi connectivity index (χ0) is 15.0. The predicted octanol–water partition coefficient (Wildman–Crippen LogP) is 1.55. The van der Waals surface area contributed by atoms with Crippen molar-refractivity contribution in [3.63, 3.8) is 0 Å². The van der Waals surface area contributed by atoms with Crippen molar-refractivity contribution >= 4 is 0 Å². The van der Waals surface area contributed by atoms with Crippen molar-refractivity contribution < 1.29 is 5.11 Å². The van der Waals surface area contributed by atoms with Crippen molar-refractivity contribution in [2.75, 3.05) is 59.0 Å². The van der Waals surface area contributed by atoms with Gasteiger partial charge in [0.2, 0.25) is 0 Å². The Kier molecular flexibility index (Phi) is 7.44. The molecule has 2 N–H and O–H groups in total. The number of hydrogen-bond acceptors (Lipinski definition) is 4. The predicted molar refractivity (Wildman–Crippen MR) is 88.6 cm³/mol. The van der Waals surface area contributed by atoms with Gasteiger partial charge in [0.15, 0.2) is 0 Å².